The predicted molar refractivity (Wildman–Crippen MR) is 123 cm³/mol. The average molecular weight is 405 g/mol. The summed E-state index contributed by atoms with van der Waals surface area (Å²) in [7, 11) is 0. The lowest BCUT2D eigenvalue weighted by molar-refractivity contribution is -0.0429. The van der Waals surface area contributed by atoms with Gasteiger partial charge < -0.3 is 10.2 Å². The Balaban J connectivity index is 1.75. The lowest BCUT2D eigenvalue weighted by Crippen LogP contribution is -2.45. The van der Waals surface area contributed by atoms with Gasteiger partial charge >= 0.3 is 0 Å². The molecular weight excluding hydrogens is 356 g/mol. The second-order valence-electron chi connectivity index (χ2n) is 11.7. The standard InChI is InChI=1S/C27H48O2/c1-18(2)10-15-26(29)20(4)24-13-14-25-23-9-7-6-8-21(28)12-11-19(3)22(23)16-17-27(24,25)5/h6-7,18-26,28-29H,8-17H2,1-5H3/b7-6+/t19-,20-,21?,22+,23+,24+,25-,26+,27+/m0/s1. The van der Waals surface area contributed by atoms with Crippen LogP contribution in [0.5, 0.6) is 0 Å². The highest BCUT2D eigenvalue weighted by molar-refractivity contribution is 5.06. The van der Waals surface area contributed by atoms with Crippen molar-refractivity contribution in [3.05, 3.63) is 12.2 Å². The minimum atomic E-state index is -0.150. The Morgan fingerprint density at radius 2 is 1.66 bits per heavy atom. The van der Waals surface area contributed by atoms with Crippen molar-refractivity contribution < 1.29 is 10.2 Å². The Morgan fingerprint density at radius 3 is 2.38 bits per heavy atom. The quantitative estimate of drug-likeness (QED) is 0.506. The molecule has 0 radical (unpaired) electrons. The summed E-state index contributed by atoms with van der Waals surface area (Å²) < 4.78 is 0. The Morgan fingerprint density at radius 1 is 0.931 bits per heavy atom. The molecule has 3 aliphatic rings. The zero-order valence-corrected chi connectivity index (χ0v) is 19.8. The molecule has 2 fully saturated rings. The van der Waals surface area contributed by atoms with Crippen LogP contribution < -0.4 is 0 Å². The number of allylic oxidation sites excluding steroid dienone is 1. The zero-order chi connectivity index (χ0) is 21.2. The molecule has 0 aromatic rings. The second kappa shape index (κ2) is 9.86. The maximum absolute atomic E-state index is 10.9. The molecule has 0 saturated heterocycles. The number of rotatable bonds is 5. The van der Waals surface area contributed by atoms with Gasteiger partial charge in [-0.05, 0) is 111 Å². The van der Waals surface area contributed by atoms with Crippen molar-refractivity contribution in [2.45, 2.75) is 111 Å². The molecule has 3 aliphatic carbocycles. The molecule has 2 N–H and O–H groups in total. The highest BCUT2D eigenvalue weighted by atomic mass is 16.3. The number of hydrogen-bond donors (Lipinski definition) is 2. The van der Waals surface area contributed by atoms with Crippen molar-refractivity contribution in [2.75, 3.05) is 0 Å². The predicted octanol–water partition coefficient (Wildman–Crippen LogP) is 6.61. The molecule has 2 heteroatoms. The fraction of sp³-hybridized carbons (Fsp3) is 0.926. The minimum absolute atomic E-state index is 0.139. The summed E-state index contributed by atoms with van der Waals surface area (Å²) in [6.45, 7) is 11.9. The van der Waals surface area contributed by atoms with Crippen LogP contribution in [0.4, 0.5) is 0 Å². The Bertz CT molecular complexity index is 541. The lowest BCUT2D eigenvalue weighted by atomic mass is 9.53. The molecule has 0 spiro atoms. The molecule has 0 aliphatic heterocycles. The van der Waals surface area contributed by atoms with Crippen LogP contribution in [0.2, 0.25) is 0 Å². The first-order chi connectivity index (χ1) is 13.7. The van der Waals surface area contributed by atoms with E-state index < -0.39 is 0 Å². The Kier molecular flexibility index (Phi) is 7.93. The van der Waals surface area contributed by atoms with E-state index in [1.807, 2.05) is 0 Å². The maximum Gasteiger partial charge on any atom is 0.0574 e. The molecule has 0 heterocycles. The van der Waals surface area contributed by atoms with E-state index in [-0.39, 0.29) is 12.2 Å². The van der Waals surface area contributed by atoms with Gasteiger partial charge in [-0.2, -0.15) is 0 Å². The Labute approximate surface area is 180 Å². The summed E-state index contributed by atoms with van der Waals surface area (Å²) in [5, 5.41) is 21.1. The first-order valence-corrected chi connectivity index (χ1v) is 12.7. The fourth-order valence-corrected chi connectivity index (χ4v) is 7.60. The molecule has 29 heavy (non-hydrogen) atoms. The molecule has 0 aromatic heterocycles. The van der Waals surface area contributed by atoms with E-state index in [9.17, 15) is 10.2 Å². The van der Waals surface area contributed by atoms with Crippen LogP contribution in [-0.2, 0) is 0 Å². The molecule has 2 saturated carbocycles. The van der Waals surface area contributed by atoms with Crippen LogP contribution in [-0.4, -0.2) is 22.4 Å². The normalized spacial score (nSPS) is 44.0. The van der Waals surface area contributed by atoms with Crippen LogP contribution in [0.3, 0.4) is 0 Å². The van der Waals surface area contributed by atoms with E-state index in [1.165, 1.54) is 38.5 Å². The summed E-state index contributed by atoms with van der Waals surface area (Å²) in [5.74, 6) is 4.90. The van der Waals surface area contributed by atoms with Gasteiger partial charge in [0.1, 0.15) is 0 Å². The van der Waals surface area contributed by atoms with Crippen LogP contribution in [0, 0.1) is 46.8 Å². The first kappa shape index (κ1) is 23.3. The number of fused-ring (bicyclic) bond motifs is 3. The molecule has 0 bridgehead atoms. The smallest absolute Gasteiger partial charge is 0.0574 e. The number of aliphatic hydroxyl groups is 2. The summed E-state index contributed by atoms with van der Waals surface area (Å²) in [6.07, 6.45) is 15.9. The fourth-order valence-electron chi connectivity index (χ4n) is 7.60. The SMILES string of the molecule is CC(C)CC[C@@H](O)[C@@H](C)[C@H]1CC[C@H]2[C@@H]3C/C=C/CC(O)CC[C@H](C)[C@H]3CC[C@]12C. The van der Waals surface area contributed by atoms with Gasteiger partial charge in [0.2, 0.25) is 0 Å². The maximum atomic E-state index is 10.9. The van der Waals surface area contributed by atoms with Gasteiger partial charge in [-0.15, -0.1) is 0 Å². The van der Waals surface area contributed by atoms with Crippen LogP contribution in [0.1, 0.15) is 98.8 Å². The van der Waals surface area contributed by atoms with Gasteiger partial charge in [-0.25, -0.2) is 0 Å². The van der Waals surface area contributed by atoms with Gasteiger partial charge in [-0.3, -0.25) is 0 Å². The highest BCUT2D eigenvalue weighted by Gasteiger charge is 2.55. The van der Waals surface area contributed by atoms with Crippen LogP contribution in [0.25, 0.3) is 0 Å². The first-order valence-electron chi connectivity index (χ1n) is 12.7. The van der Waals surface area contributed by atoms with E-state index in [4.69, 9.17) is 0 Å². The minimum Gasteiger partial charge on any atom is -0.393 e. The molecule has 168 valence electrons. The lowest BCUT2D eigenvalue weighted by Gasteiger charge is -2.52. The monoisotopic (exact) mass is 404 g/mol. The van der Waals surface area contributed by atoms with E-state index in [0.717, 1.165) is 49.4 Å². The topological polar surface area (TPSA) is 40.5 Å². The third-order valence-electron chi connectivity index (χ3n) is 9.52. The van der Waals surface area contributed by atoms with Crippen molar-refractivity contribution >= 4 is 0 Å². The van der Waals surface area contributed by atoms with Crippen LogP contribution >= 0.6 is 0 Å². The van der Waals surface area contributed by atoms with Gasteiger partial charge in [-0.1, -0.05) is 46.8 Å². The second-order valence-corrected chi connectivity index (χ2v) is 11.7. The molecular formula is C27H48O2. The average Bonchev–Trinajstić information content (AvgIpc) is 3.03. The van der Waals surface area contributed by atoms with E-state index >= 15 is 0 Å². The number of hydrogen-bond acceptors (Lipinski definition) is 2. The van der Waals surface area contributed by atoms with Crippen molar-refractivity contribution in [1.29, 1.82) is 0 Å². The molecule has 0 aromatic carbocycles. The van der Waals surface area contributed by atoms with Gasteiger partial charge in [0.15, 0.2) is 0 Å². The Hall–Kier alpha value is -0.340. The van der Waals surface area contributed by atoms with E-state index in [1.54, 1.807) is 0 Å². The molecule has 2 nitrogen and oxygen atoms in total. The van der Waals surface area contributed by atoms with E-state index in [0.29, 0.717) is 23.2 Å². The van der Waals surface area contributed by atoms with Gasteiger partial charge in [0.05, 0.1) is 12.2 Å². The molecule has 1 unspecified atom stereocenters. The van der Waals surface area contributed by atoms with Crippen molar-refractivity contribution in [2.24, 2.45) is 46.8 Å². The molecule has 0 amide bonds. The number of aliphatic hydroxyl groups excluding tert-OH is 2. The van der Waals surface area contributed by atoms with Gasteiger partial charge in [0.25, 0.3) is 0 Å². The summed E-state index contributed by atoms with van der Waals surface area (Å²) in [5.41, 5.74) is 0.399. The molecule has 3 rings (SSSR count). The van der Waals surface area contributed by atoms with Gasteiger partial charge in [0, 0.05) is 0 Å². The third-order valence-corrected chi connectivity index (χ3v) is 9.52. The summed E-state index contributed by atoms with van der Waals surface area (Å²) >= 11 is 0. The van der Waals surface area contributed by atoms with Crippen molar-refractivity contribution in [3.8, 4) is 0 Å². The highest BCUT2D eigenvalue weighted by Crippen LogP contribution is 2.63. The van der Waals surface area contributed by atoms with Crippen molar-refractivity contribution in [3.63, 3.8) is 0 Å². The molecule has 9 atom stereocenters. The van der Waals surface area contributed by atoms with E-state index in [2.05, 4.69) is 46.8 Å². The zero-order valence-electron chi connectivity index (χ0n) is 19.8. The summed E-state index contributed by atoms with van der Waals surface area (Å²) in [6, 6.07) is 0. The summed E-state index contributed by atoms with van der Waals surface area (Å²) in [4.78, 5) is 0. The van der Waals surface area contributed by atoms with Crippen molar-refractivity contribution in [1.82, 2.24) is 0 Å². The van der Waals surface area contributed by atoms with Crippen LogP contribution in [0.15, 0.2) is 12.2 Å². The third kappa shape index (κ3) is 5.12. The largest absolute Gasteiger partial charge is 0.393 e.